The molecule has 0 saturated heterocycles. The summed E-state index contributed by atoms with van der Waals surface area (Å²) in [5.74, 6) is -2.83. The molecule has 0 saturated carbocycles. The average molecular weight is 219 g/mol. The largest absolute Gasteiger partial charge is 0.480 e. The first-order valence-corrected chi connectivity index (χ1v) is 4.22. The third-order valence-electron chi connectivity index (χ3n) is 1.77. The number of rotatable bonds is 4. The van der Waals surface area contributed by atoms with Crippen LogP contribution in [0.25, 0.3) is 0 Å². The fourth-order valence-corrected chi connectivity index (χ4v) is 0.966. The zero-order valence-electron chi connectivity index (χ0n) is 7.78. The van der Waals surface area contributed by atoms with Crippen LogP contribution in [0, 0.1) is 11.6 Å². The minimum atomic E-state index is -1.23. The summed E-state index contributed by atoms with van der Waals surface area (Å²) in [4.78, 5) is 0. The summed E-state index contributed by atoms with van der Waals surface area (Å²) in [6.07, 6.45) is -1.02. The molecular formula is C9H11F2NO3. The van der Waals surface area contributed by atoms with Crippen LogP contribution in [0.15, 0.2) is 12.1 Å². The number of nitrogens with two attached hydrogens (primary N) is 1. The van der Waals surface area contributed by atoms with Crippen molar-refractivity contribution in [2.75, 3.05) is 18.9 Å². The standard InChI is InChI=1S/C9H11F2NO3/c10-6-1-2-7(12)9(8(6)11)15-5(3-13)4-14/h1-2,5,13-14H,3-4,12H2. The van der Waals surface area contributed by atoms with E-state index in [1.807, 2.05) is 0 Å². The van der Waals surface area contributed by atoms with Gasteiger partial charge in [-0.2, -0.15) is 4.39 Å². The molecule has 1 aromatic carbocycles. The van der Waals surface area contributed by atoms with Gasteiger partial charge in [-0.25, -0.2) is 4.39 Å². The van der Waals surface area contributed by atoms with Crippen LogP contribution in [0.3, 0.4) is 0 Å². The maximum atomic E-state index is 13.2. The summed E-state index contributed by atoms with van der Waals surface area (Å²) in [5.41, 5.74) is 5.26. The van der Waals surface area contributed by atoms with Crippen molar-refractivity contribution in [3.63, 3.8) is 0 Å². The van der Waals surface area contributed by atoms with Crippen molar-refractivity contribution >= 4 is 5.69 Å². The number of nitrogen functional groups attached to an aromatic ring is 1. The molecule has 0 aliphatic carbocycles. The van der Waals surface area contributed by atoms with Gasteiger partial charge >= 0.3 is 0 Å². The van der Waals surface area contributed by atoms with Crippen LogP contribution in [-0.2, 0) is 0 Å². The van der Waals surface area contributed by atoms with Gasteiger partial charge in [-0.05, 0) is 12.1 Å². The van der Waals surface area contributed by atoms with E-state index in [1.165, 1.54) is 0 Å². The van der Waals surface area contributed by atoms with E-state index in [2.05, 4.69) is 0 Å². The number of aliphatic hydroxyl groups is 2. The molecule has 0 heterocycles. The van der Waals surface area contributed by atoms with E-state index in [9.17, 15) is 8.78 Å². The van der Waals surface area contributed by atoms with Crippen molar-refractivity contribution in [1.82, 2.24) is 0 Å². The molecule has 0 aliphatic heterocycles. The van der Waals surface area contributed by atoms with E-state index in [1.54, 1.807) is 0 Å². The molecule has 0 atom stereocenters. The van der Waals surface area contributed by atoms with Crippen molar-refractivity contribution in [3.8, 4) is 5.75 Å². The lowest BCUT2D eigenvalue weighted by Crippen LogP contribution is -2.26. The number of ether oxygens (including phenoxy) is 1. The maximum Gasteiger partial charge on any atom is 0.202 e. The monoisotopic (exact) mass is 219 g/mol. The van der Waals surface area contributed by atoms with E-state index in [0.717, 1.165) is 12.1 Å². The van der Waals surface area contributed by atoms with Crippen molar-refractivity contribution in [2.24, 2.45) is 0 Å². The van der Waals surface area contributed by atoms with Gasteiger partial charge in [0, 0.05) is 0 Å². The number of hydrogen-bond donors (Lipinski definition) is 3. The lowest BCUT2D eigenvalue weighted by molar-refractivity contribution is 0.0602. The van der Waals surface area contributed by atoms with Crippen molar-refractivity contribution in [2.45, 2.75) is 6.10 Å². The summed E-state index contributed by atoms with van der Waals surface area (Å²) in [5, 5.41) is 17.4. The molecule has 4 N–H and O–H groups in total. The first-order valence-electron chi connectivity index (χ1n) is 4.22. The molecule has 0 unspecified atom stereocenters. The normalized spacial score (nSPS) is 10.7. The zero-order valence-corrected chi connectivity index (χ0v) is 7.78. The van der Waals surface area contributed by atoms with Crippen molar-refractivity contribution in [3.05, 3.63) is 23.8 Å². The molecule has 0 radical (unpaired) electrons. The molecule has 0 bridgehead atoms. The highest BCUT2D eigenvalue weighted by atomic mass is 19.2. The predicted molar refractivity (Wildman–Crippen MR) is 49.4 cm³/mol. The molecule has 0 amide bonds. The summed E-state index contributed by atoms with van der Waals surface area (Å²) in [6, 6.07) is 2.00. The van der Waals surface area contributed by atoms with Crippen LogP contribution in [0.2, 0.25) is 0 Å². The topological polar surface area (TPSA) is 75.7 Å². The van der Waals surface area contributed by atoms with Gasteiger partial charge in [0.15, 0.2) is 11.6 Å². The maximum absolute atomic E-state index is 13.2. The number of aliphatic hydroxyl groups excluding tert-OH is 2. The quantitative estimate of drug-likeness (QED) is 0.636. The Labute approximate surface area is 84.9 Å². The highest BCUT2D eigenvalue weighted by molar-refractivity contribution is 5.53. The van der Waals surface area contributed by atoms with Crippen LogP contribution in [-0.4, -0.2) is 29.5 Å². The van der Waals surface area contributed by atoms with Gasteiger partial charge in [0.25, 0.3) is 0 Å². The molecule has 4 nitrogen and oxygen atoms in total. The Morgan fingerprint density at radius 3 is 2.40 bits per heavy atom. The first-order chi connectivity index (χ1) is 7.10. The van der Waals surface area contributed by atoms with Crippen molar-refractivity contribution in [1.29, 1.82) is 0 Å². The molecule has 0 aliphatic rings. The van der Waals surface area contributed by atoms with Crippen LogP contribution in [0.4, 0.5) is 14.5 Å². The van der Waals surface area contributed by atoms with Gasteiger partial charge in [-0.1, -0.05) is 0 Å². The van der Waals surface area contributed by atoms with Gasteiger partial charge in [-0.3, -0.25) is 0 Å². The highest BCUT2D eigenvalue weighted by Gasteiger charge is 2.17. The number of benzene rings is 1. The second-order valence-electron chi connectivity index (χ2n) is 2.88. The minimum absolute atomic E-state index is 0.0965. The minimum Gasteiger partial charge on any atom is -0.480 e. The summed E-state index contributed by atoms with van der Waals surface area (Å²) >= 11 is 0. The van der Waals surface area contributed by atoms with Crippen LogP contribution < -0.4 is 10.5 Å². The van der Waals surface area contributed by atoms with Crippen LogP contribution >= 0.6 is 0 Å². The van der Waals surface area contributed by atoms with Gasteiger partial charge in [0.05, 0.1) is 18.9 Å². The third-order valence-corrected chi connectivity index (χ3v) is 1.77. The summed E-state index contributed by atoms with van der Waals surface area (Å²) in [7, 11) is 0. The third kappa shape index (κ3) is 2.54. The van der Waals surface area contributed by atoms with Gasteiger partial charge < -0.3 is 20.7 Å². The van der Waals surface area contributed by atoms with Crippen molar-refractivity contribution < 1.29 is 23.7 Å². The zero-order chi connectivity index (χ0) is 11.4. The Morgan fingerprint density at radius 1 is 1.27 bits per heavy atom. The number of halogens is 2. The second-order valence-corrected chi connectivity index (χ2v) is 2.88. The van der Waals surface area contributed by atoms with E-state index >= 15 is 0 Å². The second kappa shape index (κ2) is 4.90. The molecule has 0 spiro atoms. The lowest BCUT2D eigenvalue weighted by atomic mass is 10.2. The Balaban J connectivity index is 2.97. The molecule has 0 aromatic heterocycles. The van der Waals surface area contributed by atoms with Gasteiger partial charge in [-0.15, -0.1) is 0 Å². The predicted octanol–water partition coefficient (Wildman–Crippen LogP) is 0.279. The Kier molecular flexibility index (Phi) is 3.81. The van der Waals surface area contributed by atoms with E-state index in [4.69, 9.17) is 20.7 Å². The van der Waals surface area contributed by atoms with E-state index < -0.39 is 36.7 Å². The summed E-state index contributed by atoms with van der Waals surface area (Å²) < 4.78 is 30.7. The Bertz CT molecular complexity index is 342. The highest BCUT2D eigenvalue weighted by Crippen LogP contribution is 2.27. The molecule has 6 heteroatoms. The summed E-state index contributed by atoms with van der Waals surface area (Å²) in [6.45, 7) is -1.04. The van der Waals surface area contributed by atoms with Crippen LogP contribution in [0.5, 0.6) is 5.75 Å². The van der Waals surface area contributed by atoms with Gasteiger partial charge in [0.1, 0.15) is 6.10 Å². The molecule has 15 heavy (non-hydrogen) atoms. The average Bonchev–Trinajstić information content (AvgIpc) is 2.24. The lowest BCUT2D eigenvalue weighted by Gasteiger charge is -2.16. The first kappa shape index (κ1) is 11.7. The smallest absolute Gasteiger partial charge is 0.202 e. The fraction of sp³-hybridized carbons (Fsp3) is 0.333. The molecule has 1 aromatic rings. The number of anilines is 1. The SMILES string of the molecule is Nc1ccc(F)c(F)c1OC(CO)CO. The molecule has 1 rings (SSSR count). The molecule has 0 fully saturated rings. The Morgan fingerprint density at radius 2 is 1.87 bits per heavy atom. The van der Waals surface area contributed by atoms with Crippen LogP contribution in [0.1, 0.15) is 0 Å². The Hall–Kier alpha value is -1.40. The molecular weight excluding hydrogens is 208 g/mol. The molecule has 84 valence electrons. The van der Waals surface area contributed by atoms with E-state index in [-0.39, 0.29) is 5.69 Å². The van der Waals surface area contributed by atoms with E-state index in [0.29, 0.717) is 0 Å². The number of hydrogen-bond acceptors (Lipinski definition) is 4. The fourth-order valence-electron chi connectivity index (χ4n) is 0.966. The van der Waals surface area contributed by atoms with Gasteiger partial charge in [0.2, 0.25) is 5.82 Å².